The van der Waals surface area contributed by atoms with Crippen LogP contribution in [0.3, 0.4) is 0 Å². The van der Waals surface area contributed by atoms with Crippen molar-refractivity contribution in [3.05, 3.63) is 54.7 Å². The summed E-state index contributed by atoms with van der Waals surface area (Å²) < 4.78 is 0. The molecule has 15 heavy (non-hydrogen) atoms. The van der Waals surface area contributed by atoms with Crippen LogP contribution in [0.5, 0.6) is 0 Å². The van der Waals surface area contributed by atoms with Crippen LogP contribution in [0.15, 0.2) is 48.7 Å². The van der Waals surface area contributed by atoms with Crippen LogP contribution in [0.25, 0.3) is 22.3 Å². The molecule has 2 heterocycles. The molecule has 2 aromatic heterocycles. The summed E-state index contributed by atoms with van der Waals surface area (Å²) in [7, 11) is 0. The molecule has 3 aromatic rings. The highest BCUT2D eigenvalue weighted by Gasteiger charge is 2.01. The molecule has 0 saturated carbocycles. The van der Waals surface area contributed by atoms with E-state index in [2.05, 4.69) is 28.2 Å². The molecule has 0 aliphatic carbocycles. The van der Waals surface area contributed by atoms with E-state index in [0.717, 1.165) is 22.3 Å². The number of pyridine rings is 1. The number of benzene rings is 1. The van der Waals surface area contributed by atoms with Crippen LogP contribution in [0.4, 0.5) is 0 Å². The van der Waals surface area contributed by atoms with Crippen molar-refractivity contribution in [1.29, 1.82) is 0 Å². The first-order chi connectivity index (χ1) is 7.43. The first-order valence-electron chi connectivity index (χ1n) is 4.84. The van der Waals surface area contributed by atoms with Crippen LogP contribution in [-0.4, -0.2) is 9.97 Å². The van der Waals surface area contributed by atoms with E-state index in [-0.39, 0.29) is 0 Å². The van der Waals surface area contributed by atoms with Gasteiger partial charge in [-0.05, 0) is 29.8 Å². The third kappa shape index (κ3) is 1.40. The Morgan fingerprint density at radius 3 is 2.80 bits per heavy atom. The smallest absolute Gasteiger partial charge is 0.137 e. The molecule has 0 saturated heterocycles. The van der Waals surface area contributed by atoms with E-state index >= 15 is 0 Å². The van der Waals surface area contributed by atoms with E-state index in [9.17, 15) is 0 Å². The monoisotopic (exact) mass is 193 g/mol. The first kappa shape index (κ1) is 8.24. The number of H-pyrrole nitrogens is 1. The van der Waals surface area contributed by atoms with Gasteiger partial charge in [-0.25, -0.2) is 4.98 Å². The molecule has 0 aliphatic heterocycles. The van der Waals surface area contributed by atoms with Crippen molar-refractivity contribution in [2.24, 2.45) is 0 Å². The van der Waals surface area contributed by atoms with Crippen molar-refractivity contribution in [1.82, 2.24) is 9.97 Å². The van der Waals surface area contributed by atoms with Gasteiger partial charge in [-0.15, -0.1) is 0 Å². The van der Waals surface area contributed by atoms with E-state index in [1.807, 2.05) is 30.3 Å². The second-order valence-corrected chi connectivity index (χ2v) is 3.41. The average Bonchev–Trinajstić information content (AvgIpc) is 2.74. The van der Waals surface area contributed by atoms with E-state index in [4.69, 9.17) is 0 Å². The predicted octanol–water partition coefficient (Wildman–Crippen LogP) is 3.03. The zero-order valence-electron chi connectivity index (χ0n) is 8.07. The van der Waals surface area contributed by atoms with Gasteiger partial charge >= 0.3 is 0 Å². The lowest BCUT2D eigenvalue weighted by atomic mass is 10.1. The molecule has 0 atom stereocenters. The molecule has 0 fully saturated rings. The molecule has 1 aromatic carbocycles. The minimum absolute atomic E-state index is 0.931. The fraction of sp³-hybridized carbons (Fsp3) is 0. The molecule has 0 bridgehead atoms. The Labute approximate surface area is 87.6 Å². The highest BCUT2D eigenvalue weighted by molar-refractivity contribution is 5.82. The summed E-state index contributed by atoms with van der Waals surface area (Å²) in [6.07, 6.45) is 1.79. The molecule has 2 nitrogen and oxygen atoms in total. The maximum Gasteiger partial charge on any atom is 0.137 e. The van der Waals surface area contributed by atoms with Gasteiger partial charge in [0.1, 0.15) is 5.65 Å². The number of aromatic nitrogens is 2. The minimum Gasteiger partial charge on any atom is -0.339 e. The lowest BCUT2D eigenvalue weighted by Gasteiger charge is -1.94. The van der Waals surface area contributed by atoms with Crippen molar-refractivity contribution < 1.29 is 0 Å². The quantitative estimate of drug-likeness (QED) is 0.632. The molecule has 1 radical (unpaired) electrons. The molecular weight excluding hydrogens is 184 g/mol. The molecule has 3 rings (SSSR count). The maximum absolute atomic E-state index is 4.26. The van der Waals surface area contributed by atoms with Crippen LogP contribution in [-0.2, 0) is 0 Å². The van der Waals surface area contributed by atoms with Crippen molar-refractivity contribution >= 4 is 11.0 Å². The normalized spacial score (nSPS) is 10.7. The topological polar surface area (TPSA) is 28.7 Å². The van der Waals surface area contributed by atoms with E-state index in [1.54, 1.807) is 6.20 Å². The maximum atomic E-state index is 4.26. The SMILES string of the molecule is [c]1ccc(-c2cc3cccnc3[nH]2)cc1. The van der Waals surface area contributed by atoms with E-state index in [1.165, 1.54) is 0 Å². The Hall–Kier alpha value is -2.09. The number of hydrogen-bond acceptors (Lipinski definition) is 1. The van der Waals surface area contributed by atoms with Crippen LogP contribution in [0, 0.1) is 6.07 Å². The Bertz CT molecular complexity index is 549. The second-order valence-electron chi connectivity index (χ2n) is 3.41. The van der Waals surface area contributed by atoms with E-state index < -0.39 is 0 Å². The summed E-state index contributed by atoms with van der Waals surface area (Å²) in [5.74, 6) is 0. The summed E-state index contributed by atoms with van der Waals surface area (Å²) in [5.41, 5.74) is 3.18. The van der Waals surface area contributed by atoms with Gasteiger partial charge in [0, 0.05) is 17.3 Å². The highest BCUT2D eigenvalue weighted by Crippen LogP contribution is 2.21. The van der Waals surface area contributed by atoms with Gasteiger partial charge in [0.15, 0.2) is 0 Å². The zero-order valence-corrected chi connectivity index (χ0v) is 8.07. The average molecular weight is 193 g/mol. The molecule has 2 heteroatoms. The number of aromatic amines is 1. The number of hydrogen-bond donors (Lipinski definition) is 1. The third-order valence-corrected chi connectivity index (χ3v) is 2.42. The van der Waals surface area contributed by atoms with Gasteiger partial charge in [-0.1, -0.05) is 24.3 Å². The minimum atomic E-state index is 0.931. The number of nitrogens with zero attached hydrogens (tertiary/aromatic N) is 1. The Morgan fingerprint density at radius 2 is 2.00 bits per heavy atom. The molecule has 0 spiro atoms. The van der Waals surface area contributed by atoms with Gasteiger partial charge in [-0.3, -0.25) is 0 Å². The van der Waals surface area contributed by atoms with Crippen molar-refractivity contribution in [2.75, 3.05) is 0 Å². The fourth-order valence-electron chi connectivity index (χ4n) is 1.68. The van der Waals surface area contributed by atoms with Crippen LogP contribution in [0.1, 0.15) is 0 Å². The number of fused-ring (bicyclic) bond motifs is 1. The molecule has 0 amide bonds. The van der Waals surface area contributed by atoms with Crippen LogP contribution in [0.2, 0.25) is 0 Å². The summed E-state index contributed by atoms with van der Waals surface area (Å²) >= 11 is 0. The van der Waals surface area contributed by atoms with Crippen molar-refractivity contribution in [3.63, 3.8) is 0 Å². The predicted molar refractivity (Wildman–Crippen MR) is 60.4 cm³/mol. The van der Waals surface area contributed by atoms with Crippen LogP contribution < -0.4 is 0 Å². The van der Waals surface area contributed by atoms with Gasteiger partial charge in [0.05, 0.1) is 0 Å². The number of nitrogens with one attached hydrogen (secondary N) is 1. The summed E-state index contributed by atoms with van der Waals surface area (Å²) in [6.45, 7) is 0. The summed E-state index contributed by atoms with van der Waals surface area (Å²) in [4.78, 5) is 7.55. The largest absolute Gasteiger partial charge is 0.339 e. The summed E-state index contributed by atoms with van der Waals surface area (Å²) in [5, 5.41) is 1.14. The highest BCUT2D eigenvalue weighted by atomic mass is 14.8. The molecule has 1 N–H and O–H groups in total. The number of rotatable bonds is 1. The van der Waals surface area contributed by atoms with Gasteiger partial charge in [0.2, 0.25) is 0 Å². The first-order valence-corrected chi connectivity index (χ1v) is 4.84. The second kappa shape index (κ2) is 3.24. The Morgan fingerprint density at radius 1 is 1.13 bits per heavy atom. The molecular formula is C13H9N2. The standard InChI is InChI=1S/C13H9N2/c1-2-5-10(6-3-1)12-9-11-7-4-8-14-13(11)15-12/h2-9H,(H,14,15). The molecule has 0 unspecified atom stereocenters. The lowest BCUT2D eigenvalue weighted by Crippen LogP contribution is -1.76. The van der Waals surface area contributed by atoms with Crippen LogP contribution >= 0.6 is 0 Å². The van der Waals surface area contributed by atoms with Gasteiger partial charge < -0.3 is 4.98 Å². The van der Waals surface area contributed by atoms with Crippen molar-refractivity contribution in [3.8, 4) is 11.3 Å². The zero-order chi connectivity index (χ0) is 10.1. The van der Waals surface area contributed by atoms with E-state index in [0.29, 0.717) is 0 Å². The third-order valence-electron chi connectivity index (χ3n) is 2.42. The Balaban J connectivity index is 2.21. The summed E-state index contributed by atoms with van der Waals surface area (Å²) in [6, 6.07) is 17.0. The van der Waals surface area contributed by atoms with Crippen molar-refractivity contribution in [2.45, 2.75) is 0 Å². The fourth-order valence-corrected chi connectivity index (χ4v) is 1.68. The Kier molecular flexibility index (Phi) is 1.78. The van der Waals surface area contributed by atoms with Gasteiger partial charge in [-0.2, -0.15) is 0 Å². The molecule has 0 aliphatic rings. The van der Waals surface area contributed by atoms with Gasteiger partial charge in [0.25, 0.3) is 0 Å². The lowest BCUT2D eigenvalue weighted by molar-refractivity contribution is 1.32. The molecule has 71 valence electrons.